The number of rotatable bonds is 2. The molecule has 0 fully saturated rings. The highest BCUT2D eigenvalue weighted by Crippen LogP contribution is 2.19. The lowest BCUT2D eigenvalue weighted by atomic mass is 10.1. The first-order valence-corrected chi connectivity index (χ1v) is 6.96. The van der Waals surface area contributed by atoms with E-state index in [0.29, 0.717) is 22.4 Å². The minimum atomic E-state index is -0.456. The Kier molecular flexibility index (Phi) is 2.80. The molecule has 2 aromatic heterocycles. The number of carbonyl (C=O) groups excluding carboxylic acids is 1. The van der Waals surface area contributed by atoms with E-state index in [1.54, 1.807) is 31.4 Å². The molecule has 0 unspecified atom stereocenters. The predicted molar refractivity (Wildman–Crippen MR) is 85.5 cm³/mol. The zero-order chi connectivity index (χ0) is 16.0. The minimum Gasteiger partial charge on any atom is -0.408 e. The van der Waals surface area contributed by atoms with E-state index in [0.717, 1.165) is 10.9 Å². The minimum absolute atomic E-state index is 0.264. The molecule has 0 saturated carbocycles. The maximum atomic E-state index is 12.4. The van der Waals surface area contributed by atoms with Crippen LogP contribution in [0.4, 0.5) is 5.69 Å². The lowest BCUT2D eigenvalue weighted by Crippen LogP contribution is -2.12. The lowest BCUT2D eigenvalue weighted by Gasteiger charge is -2.05. The molecule has 7 heteroatoms. The smallest absolute Gasteiger partial charge is 0.408 e. The van der Waals surface area contributed by atoms with E-state index >= 15 is 0 Å². The molecule has 2 N–H and O–H groups in total. The first kappa shape index (κ1) is 13.3. The highest BCUT2D eigenvalue weighted by molar-refractivity contribution is 6.06. The first-order chi connectivity index (χ1) is 11.1. The highest BCUT2D eigenvalue weighted by Gasteiger charge is 2.11. The number of nitrogens with zero attached hydrogens (tertiary/aromatic N) is 2. The van der Waals surface area contributed by atoms with Crippen molar-refractivity contribution in [3.63, 3.8) is 0 Å². The van der Waals surface area contributed by atoms with Gasteiger partial charge in [0, 0.05) is 23.7 Å². The lowest BCUT2D eigenvalue weighted by molar-refractivity contribution is 0.102. The Morgan fingerprint density at radius 3 is 3.00 bits per heavy atom. The zero-order valence-electron chi connectivity index (χ0n) is 12.2. The summed E-state index contributed by atoms with van der Waals surface area (Å²) in [4.78, 5) is 23.9. The van der Waals surface area contributed by atoms with E-state index < -0.39 is 5.76 Å². The standard InChI is InChI=1S/C16H12N4O3/c1-20-13-6-9(3-5-14(13)23-16(20)22)15(21)18-11-4-2-10-8-17-19-12(10)7-11/h2-8H,1H3,(H,17,19)(H,18,21). The fraction of sp³-hybridized carbons (Fsp3) is 0.0625. The second-order valence-electron chi connectivity index (χ2n) is 5.24. The van der Waals surface area contributed by atoms with Crippen LogP contribution in [0.3, 0.4) is 0 Å². The van der Waals surface area contributed by atoms with Gasteiger partial charge >= 0.3 is 5.76 Å². The number of benzene rings is 2. The summed E-state index contributed by atoms with van der Waals surface area (Å²) in [5, 5.41) is 10.6. The van der Waals surface area contributed by atoms with Gasteiger partial charge in [0.2, 0.25) is 0 Å². The van der Waals surface area contributed by atoms with Crippen LogP contribution in [0.15, 0.2) is 51.8 Å². The predicted octanol–water partition coefficient (Wildman–Crippen LogP) is 2.26. The van der Waals surface area contributed by atoms with Gasteiger partial charge in [-0.2, -0.15) is 5.10 Å². The molecular weight excluding hydrogens is 296 g/mol. The fourth-order valence-electron chi connectivity index (χ4n) is 2.49. The van der Waals surface area contributed by atoms with Crippen LogP contribution in [-0.2, 0) is 7.05 Å². The molecule has 1 amide bonds. The number of aromatic nitrogens is 3. The zero-order valence-corrected chi connectivity index (χ0v) is 12.2. The number of oxazole rings is 1. The summed E-state index contributed by atoms with van der Waals surface area (Å²) in [7, 11) is 1.60. The van der Waals surface area contributed by atoms with Gasteiger partial charge in [-0.1, -0.05) is 0 Å². The number of fused-ring (bicyclic) bond motifs is 2. The normalized spacial score (nSPS) is 11.2. The van der Waals surface area contributed by atoms with Crippen molar-refractivity contribution >= 4 is 33.6 Å². The van der Waals surface area contributed by atoms with Crippen LogP contribution in [0.5, 0.6) is 0 Å². The van der Waals surface area contributed by atoms with Crippen molar-refractivity contribution in [2.75, 3.05) is 5.32 Å². The largest absolute Gasteiger partial charge is 0.419 e. The van der Waals surface area contributed by atoms with Gasteiger partial charge in [-0.15, -0.1) is 0 Å². The molecule has 7 nitrogen and oxygen atoms in total. The number of amides is 1. The third-order valence-electron chi connectivity index (χ3n) is 3.75. The van der Waals surface area contributed by atoms with Gasteiger partial charge in [-0.3, -0.25) is 14.5 Å². The summed E-state index contributed by atoms with van der Waals surface area (Å²) >= 11 is 0. The molecule has 0 radical (unpaired) electrons. The van der Waals surface area contributed by atoms with Crippen LogP contribution in [0.2, 0.25) is 0 Å². The molecule has 114 valence electrons. The summed E-state index contributed by atoms with van der Waals surface area (Å²) in [6, 6.07) is 10.4. The second-order valence-corrected chi connectivity index (χ2v) is 5.24. The van der Waals surface area contributed by atoms with Crippen LogP contribution in [0.1, 0.15) is 10.4 Å². The molecule has 4 rings (SSSR count). The van der Waals surface area contributed by atoms with E-state index in [-0.39, 0.29) is 5.91 Å². The van der Waals surface area contributed by atoms with Crippen molar-refractivity contribution in [1.82, 2.24) is 14.8 Å². The summed E-state index contributed by atoms with van der Waals surface area (Å²) in [5.74, 6) is -0.721. The van der Waals surface area contributed by atoms with Gasteiger partial charge in [0.25, 0.3) is 5.91 Å². The average Bonchev–Trinajstić information content (AvgIpc) is 3.12. The van der Waals surface area contributed by atoms with E-state index in [1.165, 1.54) is 4.57 Å². The number of hydrogen-bond acceptors (Lipinski definition) is 4. The van der Waals surface area contributed by atoms with Crippen LogP contribution < -0.4 is 11.1 Å². The van der Waals surface area contributed by atoms with Crippen LogP contribution in [0.25, 0.3) is 22.0 Å². The number of H-pyrrole nitrogens is 1. The van der Waals surface area contributed by atoms with Gasteiger partial charge in [-0.05, 0) is 36.4 Å². The van der Waals surface area contributed by atoms with Crippen molar-refractivity contribution in [1.29, 1.82) is 0 Å². The maximum Gasteiger partial charge on any atom is 0.419 e. The number of aromatic amines is 1. The van der Waals surface area contributed by atoms with E-state index in [2.05, 4.69) is 15.5 Å². The molecule has 0 aliphatic rings. The molecule has 23 heavy (non-hydrogen) atoms. The summed E-state index contributed by atoms with van der Waals surface area (Å²) in [6.07, 6.45) is 1.72. The third-order valence-corrected chi connectivity index (χ3v) is 3.75. The first-order valence-electron chi connectivity index (χ1n) is 6.96. The Bertz CT molecular complexity index is 1100. The van der Waals surface area contributed by atoms with E-state index in [4.69, 9.17) is 4.42 Å². The van der Waals surface area contributed by atoms with E-state index in [9.17, 15) is 9.59 Å². The average molecular weight is 308 g/mol. The van der Waals surface area contributed by atoms with Crippen molar-refractivity contribution in [3.8, 4) is 0 Å². The van der Waals surface area contributed by atoms with Crippen molar-refractivity contribution in [3.05, 3.63) is 58.7 Å². The molecule has 2 heterocycles. The monoisotopic (exact) mass is 308 g/mol. The SMILES string of the molecule is Cn1c(=O)oc2ccc(C(=O)Nc3ccc4cn[nH]c4c3)cc21. The van der Waals surface area contributed by atoms with Crippen LogP contribution in [0, 0.1) is 0 Å². The number of nitrogens with one attached hydrogen (secondary N) is 2. The molecule has 2 aromatic carbocycles. The van der Waals surface area contributed by atoms with E-state index in [1.807, 2.05) is 18.2 Å². The summed E-state index contributed by atoms with van der Waals surface area (Å²) in [5.41, 5.74) is 2.97. The molecule has 0 saturated heterocycles. The summed E-state index contributed by atoms with van der Waals surface area (Å²) in [6.45, 7) is 0. The van der Waals surface area contributed by atoms with Gasteiger partial charge < -0.3 is 9.73 Å². The topological polar surface area (TPSA) is 92.9 Å². The highest BCUT2D eigenvalue weighted by atomic mass is 16.4. The third kappa shape index (κ3) is 2.18. The Labute approximate surface area is 129 Å². The van der Waals surface area contributed by atoms with Crippen molar-refractivity contribution < 1.29 is 9.21 Å². The molecular formula is C16H12N4O3. The van der Waals surface area contributed by atoms with Crippen molar-refractivity contribution in [2.45, 2.75) is 0 Å². The molecule has 0 atom stereocenters. The number of aryl methyl sites for hydroxylation is 1. The molecule has 0 aliphatic carbocycles. The number of carbonyl (C=O) groups is 1. The van der Waals surface area contributed by atoms with Crippen LogP contribution >= 0.6 is 0 Å². The Morgan fingerprint density at radius 2 is 2.13 bits per heavy atom. The Balaban J connectivity index is 1.68. The van der Waals surface area contributed by atoms with Gasteiger partial charge in [0.1, 0.15) is 0 Å². The number of hydrogen-bond donors (Lipinski definition) is 2. The number of anilines is 1. The molecule has 0 spiro atoms. The molecule has 0 bridgehead atoms. The Morgan fingerprint density at radius 1 is 1.26 bits per heavy atom. The van der Waals surface area contributed by atoms with Crippen LogP contribution in [-0.4, -0.2) is 20.7 Å². The van der Waals surface area contributed by atoms with Gasteiger partial charge in [0.05, 0.1) is 17.2 Å². The quantitative estimate of drug-likeness (QED) is 0.594. The molecule has 4 aromatic rings. The van der Waals surface area contributed by atoms with Gasteiger partial charge in [0.15, 0.2) is 5.58 Å². The summed E-state index contributed by atoms with van der Waals surface area (Å²) < 4.78 is 6.42. The maximum absolute atomic E-state index is 12.4. The molecule has 0 aliphatic heterocycles. The van der Waals surface area contributed by atoms with Gasteiger partial charge in [-0.25, -0.2) is 4.79 Å². The van der Waals surface area contributed by atoms with Crippen molar-refractivity contribution in [2.24, 2.45) is 7.05 Å². The Hall–Kier alpha value is -3.35. The fourth-order valence-corrected chi connectivity index (χ4v) is 2.49. The second kappa shape index (κ2) is 4.84.